The molecule has 0 amide bonds. The number of allylic oxidation sites excluding steroid dienone is 3. The molecule has 60 heavy (non-hydrogen) atoms. The quantitative estimate of drug-likeness (QED) is 0.0746. The fourth-order valence-corrected chi connectivity index (χ4v) is 7.91. The molecule has 0 unspecified atom stereocenters. The number of fused-ring (bicyclic) bond motifs is 3. The van der Waals surface area contributed by atoms with Gasteiger partial charge in [-0.05, 0) is 112 Å². The van der Waals surface area contributed by atoms with E-state index < -0.39 is 0 Å². The number of hydrogen-bond acceptors (Lipinski definition) is 3. The highest BCUT2D eigenvalue weighted by atomic mass is 15.0. The Labute approximate surface area is 353 Å². The van der Waals surface area contributed by atoms with Crippen LogP contribution in [0.1, 0.15) is 52.8 Å². The van der Waals surface area contributed by atoms with Crippen molar-refractivity contribution in [2.75, 3.05) is 0 Å². The van der Waals surface area contributed by atoms with Crippen LogP contribution >= 0.6 is 0 Å². The molecule has 0 spiro atoms. The molecule has 0 saturated heterocycles. The molecule has 2 heterocycles. The molecule has 1 aliphatic carbocycles. The van der Waals surface area contributed by atoms with Gasteiger partial charge in [0, 0.05) is 52.5 Å². The molecule has 0 saturated carbocycles. The minimum atomic E-state index is -0.106. The van der Waals surface area contributed by atoms with Gasteiger partial charge in [0.1, 0.15) is 0 Å². The second-order valence-corrected chi connectivity index (χ2v) is 15.6. The molecular formula is C55H47N5. The minimum Gasteiger partial charge on any atom is -0.264 e. The Bertz CT molecular complexity index is 2740. The molecule has 7 aromatic rings. The van der Waals surface area contributed by atoms with Crippen LogP contribution in [0.4, 0.5) is 0 Å². The van der Waals surface area contributed by atoms with Gasteiger partial charge in [-0.1, -0.05) is 147 Å². The third-order valence-corrected chi connectivity index (χ3v) is 11.1. The van der Waals surface area contributed by atoms with Gasteiger partial charge in [0.25, 0.3) is 0 Å². The molecule has 5 heteroatoms. The average Bonchev–Trinajstić information content (AvgIpc) is 3.52. The first kappa shape index (κ1) is 39.5. The number of aromatic nitrogens is 2. The molecule has 5 aromatic carbocycles. The van der Waals surface area contributed by atoms with Gasteiger partial charge in [0.05, 0.1) is 6.54 Å². The first-order chi connectivity index (χ1) is 29.3. The van der Waals surface area contributed by atoms with E-state index in [1.165, 1.54) is 33.4 Å². The summed E-state index contributed by atoms with van der Waals surface area (Å²) in [6.45, 7) is 15.6. The Kier molecular flexibility index (Phi) is 11.6. The van der Waals surface area contributed by atoms with E-state index in [1.807, 2.05) is 73.1 Å². The number of hydrogen-bond donors (Lipinski definition) is 0. The zero-order valence-corrected chi connectivity index (χ0v) is 34.4. The van der Waals surface area contributed by atoms with E-state index in [4.69, 9.17) is 9.98 Å². The van der Waals surface area contributed by atoms with Gasteiger partial charge in [-0.2, -0.15) is 0 Å². The van der Waals surface area contributed by atoms with Crippen molar-refractivity contribution >= 4 is 24.0 Å². The van der Waals surface area contributed by atoms with Gasteiger partial charge in [-0.15, -0.1) is 0 Å². The summed E-state index contributed by atoms with van der Waals surface area (Å²) >= 11 is 0. The molecule has 292 valence electrons. The van der Waals surface area contributed by atoms with Crippen molar-refractivity contribution in [3.8, 4) is 33.4 Å². The third-order valence-electron chi connectivity index (χ3n) is 11.1. The van der Waals surface area contributed by atoms with E-state index in [-0.39, 0.29) is 5.41 Å². The zero-order valence-electron chi connectivity index (χ0n) is 34.4. The van der Waals surface area contributed by atoms with E-state index in [0.717, 1.165) is 50.1 Å². The van der Waals surface area contributed by atoms with Crippen LogP contribution in [0.2, 0.25) is 0 Å². The van der Waals surface area contributed by atoms with Crippen molar-refractivity contribution in [2.24, 2.45) is 15.0 Å². The maximum Gasteiger partial charge on any atom is 0.161 e. The Morgan fingerprint density at radius 2 is 1.28 bits per heavy atom. The number of aliphatic imine (C=N–C) groups is 3. The van der Waals surface area contributed by atoms with Crippen LogP contribution in [0.25, 0.3) is 39.0 Å². The second-order valence-electron chi connectivity index (χ2n) is 15.6. The van der Waals surface area contributed by atoms with Crippen molar-refractivity contribution in [3.63, 3.8) is 0 Å². The Morgan fingerprint density at radius 3 is 1.90 bits per heavy atom. The molecule has 0 atom stereocenters. The second kappa shape index (κ2) is 17.6. The summed E-state index contributed by atoms with van der Waals surface area (Å²) in [6.07, 6.45) is 14.3. The van der Waals surface area contributed by atoms with Crippen LogP contribution < -0.4 is 0 Å². The van der Waals surface area contributed by atoms with Crippen molar-refractivity contribution < 1.29 is 0 Å². The predicted octanol–water partition coefficient (Wildman–Crippen LogP) is 12.9. The standard InChI is InChI=1S/C55H47N5/c1-6-41(53(56-5)60-54(42-17-11-8-12-18-42)59-35-40-15-9-7-10-16-40)31-43(24-22-39-23-26-50-49-25-21-38(2)29-51(49)55(3,4)52(50)30-39)46-32-47(44-19-13-27-57-36-44)34-48(33-46)45-20-14-28-58-37-45/h6-21,23-34,36-37H,1,5,22,35H2,2-4H3/b41-31+,43-24+,59-54?,60-53?. The topological polar surface area (TPSA) is 62.9 Å². The number of aryl methyl sites for hydroxylation is 1. The number of rotatable bonds is 11. The van der Waals surface area contributed by atoms with Crippen LogP contribution in [0, 0.1) is 6.92 Å². The van der Waals surface area contributed by atoms with E-state index in [9.17, 15) is 0 Å². The van der Waals surface area contributed by atoms with E-state index in [0.29, 0.717) is 24.6 Å². The summed E-state index contributed by atoms with van der Waals surface area (Å²) in [5.74, 6) is 0.990. The fourth-order valence-electron chi connectivity index (χ4n) is 7.91. The lowest BCUT2D eigenvalue weighted by Crippen LogP contribution is -2.15. The van der Waals surface area contributed by atoms with E-state index >= 15 is 0 Å². The summed E-state index contributed by atoms with van der Waals surface area (Å²) in [5.41, 5.74) is 16.6. The van der Waals surface area contributed by atoms with Crippen LogP contribution in [0.15, 0.2) is 210 Å². The highest BCUT2D eigenvalue weighted by Gasteiger charge is 2.35. The molecule has 0 N–H and O–H groups in total. The number of benzene rings is 5. The third kappa shape index (κ3) is 8.57. The predicted molar refractivity (Wildman–Crippen MR) is 252 cm³/mol. The number of amidine groups is 2. The lowest BCUT2D eigenvalue weighted by atomic mass is 9.81. The van der Waals surface area contributed by atoms with Gasteiger partial charge in [-0.3, -0.25) is 15.0 Å². The van der Waals surface area contributed by atoms with Gasteiger partial charge in [0.15, 0.2) is 11.7 Å². The van der Waals surface area contributed by atoms with Gasteiger partial charge in [-0.25, -0.2) is 9.98 Å². The Balaban J connectivity index is 1.27. The maximum atomic E-state index is 5.08. The summed E-state index contributed by atoms with van der Waals surface area (Å²) in [5, 5.41) is 0. The number of nitrogens with zero attached hydrogens (tertiary/aromatic N) is 5. The fraction of sp³-hybridized carbons (Fsp3) is 0.109. The van der Waals surface area contributed by atoms with Gasteiger partial charge in [0.2, 0.25) is 0 Å². The first-order valence-corrected chi connectivity index (χ1v) is 20.3. The van der Waals surface area contributed by atoms with Crippen LogP contribution in [0.3, 0.4) is 0 Å². The smallest absolute Gasteiger partial charge is 0.161 e. The van der Waals surface area contributed by atoms with Crippen molar-refractivity contribution in [3.05, 3.63) is 234 Å². The molecule has 0 fully saturated rings. The zero-order chi connectivity index (χ0) is 41.5. The molecular weight excluding hydrogens is 731 g/mol. The molecule has 5 nitrogen and oxygen atoms in total. The molecule has 2 aromatic heterocycles. The SMILES string of the molecule is C=C/C(=C\C(=C/Cc1ccc2c(c1)C(C)(C)c1cc(C)ccc1-2)c1cc(-c2cccnc2)cc(-c2cccnc2)c1)C(N=C)=NC(=NCc1ccccc1)c1ccccc1. The van der Waals surface area contributed by atoms with Crippen molar-refractivity contribution in [1.82, 2.24) is 9.97 Å². The number of pyridine rings is 2. The van der Waals surface area contributed by atoms with Crippen LogP contribution in [-0.4, -0.2) is 28.4 Å². The Hall–Kier alpha value is -7.37. The monoisotopic (exact) mass is 777 g/mol. The highest BCUT2D eigenvalue weighted by molar-refractivity contribution is 6.14. The lowest BCUT2D eigenvalue weighted by Gasteiger charge is -2.22. The van der Waals surface area contributed by atoms with Gasteiger partial charge < -0.3 is 0 Å². The largest absolute Gasteiger partial charge is 0.264 e. The van der Waals surface area contributed by atoms with Crippen LogP contribution in [-0.2, 0) is 18.4 Å². The average molecular weight is 778 g/mol. The van der Waals surface area contributed by atoms with Crippen LogP contribution in [0.5, 0.6) is 0 Å². The Morgan fingerprint density at radius 1 is 0.650 bits per heavy atom. The van der Waals surface area contributed by atoms with Crippen molar-refractivity contribution in [2.45, 2.75) is 39.2 Å². The molecule has 0 aliphatic heterocycles. The summed E-state index contributed by atoms with van der Waals surface area (Å²) in [4.78, 5) is 23.5. The van der Waals surface area contributed by atoms with Crippen molar-refractivity contribution in [1.29, 1.82) is 0 Å². The summed E-state index contributed by atoms with van der Waals surface area (Å²) in [7, 11) is 0. The lowest BCUT2D eigenvalue weighted by molar-refractivity contribution is 0.659. The molecule has 0 radical (unpaired) electrons. The molecule has 0 bridgehead atoms. The van der Waals surface area contributed by atoms with Gasteiger partial charge >= 0.3 is 0 Å². The maximum absolute atomic E-state index is 5.08. The normalized spacial score (nSPS) is 13.7. The summed E-state index contributed by atoms with van der Waals surface area (Å²) < 4.78 is 0. The molecule has 8 rings (SSSR count). The minimum absolute atomic E-state index is 0.106. The first-order valence-electron chi connectivity index (χ1n) is 20.3. The highest BCUT2D eigenvalue weighted by Crippen LogP contribution is 2.49. The molecule has 1 aliphatic rings. The van der Waals surface area contributed by atoms with E-state index in [1.54, 1.807) is 18.5 Å². The van der Waals surface area contributed by atoms with E-state index in [2.05, 4.69) is 140 Å². The summed E-state index contributed by atoms with van der Waals surface area (Å²) in [6, 6.07) is 48.7.